The van der Waals surface area contributed by atoms with Gasteiger partial charge in [-0.3, -0.25) is 0 Å². The van der Waals surface area contributed by atoms with Crippen LogP contribution in [-0.4, -0.2) is 40.8 Å². The smallest absolute Gasteiger partial charge is 0.453 e. The first-order valence-corrected chi connectivity index (χ1v) is 7.09. The lowest BCUT2D eigenvalue weighted by molar-refractivity contribution is -0.284. The molecule has 1 atom stereocenters. The van der Waals surface area contributed by atoms with E-state index < -0.39 is 24.6 Å². The molecule has 1 saturated heterocycles. The number of alkyl halides is 5. The number of hydrogen-bond donors (Lipinski definition) is 1. The van der Waals surface area contributed by atoms with E-state index in [2.05, 4.69) is 0 Å². The molecule has 1 amide bonds. The number of halogens is 5. The number of unbranched alkanes of at least 4 members (excludes halogenated alkanes) is 3. The van der Waals surface area contributed by atoms with Gasteiger partial charge in [-0.2, -0.15) is 22.0 Å². The van der Waals surface area contributed by atoms with Crippen LogP contribution in [0.5, 0.6) is 0 Å². The zero-order valence-electron chi connectivity index (χ0n) is 11.6. The average Bonchev–Trinajstić information content (AvgIpc) is 2.80. The highest BCUT2D eigenvalue weighted by molar-refractivity contribution is 5.65. The number of likely N-dealkylation sites (tertiary alicyclic amines) is 1. The van der Waals surface area contributed by atoms with Crippen LogP contribution in [0, 0.1) is 0 Å². The Morgan fingerprint density at radius 1 is 1.10 bits per heavy atom. The highest BCUT2D eigenvalue weighted by Gasteiger charge is 2.56. The molecule has 0 aromatic heterocycles. The van der Waals surface area contributed by atoms with E-state index >= 15 is 0 Å². The maximum absolute atomic E-state index is 12.6. The Kier molecular flexibility index (Phi) is 6.22. The van der Waals surface area contributed by atoms with E-state index in [4.69, 9.17) is 5.11 Å². The molecule has 1 fully saturated rings. The minimum atomic E-state index is -5.47. The molecule has 0 unspecified atom stereocenters. The Bertz CT molecular complexity index is 346. The number of amides is 1. The van der Waals surface area contributed by atoms with Crippen LogP contribution in [0.25, 0.3) is 0 Å². The number of nitrogens with zero attached hydrogens (tertiary/aromatic N) is 1. The Labute approximate surface area is 120 Å². The Morgan fingerprint density at radius 3 is 2.29 bits per heavy atom. The van der Waals surface area contributed by atoms with Gasteiger partial charge in [0.2, 0.25) is 0 Å². The van der Waals surface area contributed by atoms with E-state index in [1.54, 1.807) is 0 Å². The fourth-order valence-electron chi connectivity index (χ4n) is 2.61. The molecule has 1 heterocycles. The lowest BCUT2D eigenvalue weighted by Crippen LogP contribution is -2.36. The molecule has 0 bridgehead atoms. The maximum Gasteiger partial charge on any atom is 0.453 e. The molecule has 8 heteroatoms. The van der Waals surface area contributed by atoms with Crippen molar-refractivity contribution < 1.29 is 31.9 Å². The molecule has 1 rings (SSSR count). The van der Waals surface area contributed by atoms with Gasteiger partial charge in [0.25, 0.3) is 0 Å². The van der Waals surface area contributed by atoms with Crippen molar-refractivity contribution in [2.45, 2.75) is 69.5 Å². The Morgan fingerprint density at radius 2 is 1.71 bits per heavy atom. The SMILES string of the molecule is O=C(O)N1CCC[C@H]1CCCCCCC(F)(F)C(F)(F)F. The van der Waals surface area contributed by atoms with Crippen LogP contribution in [-0.2, 0) is 0 Å². The van der Waals surface area contributed by atoms with Gasteiger partial charge in [0.05, 0.1) is 0 Å². The van der Waals surface area contributed by atoms with Gasteiger partial charge in [-0.15, -0.1) is 0 Å². The minimum Gasteiger partial charge on any atom is -0.465 e. The van der Waals surface area contributed by atoms with Crippen LogP contribution in [0.15, 0.2) is 0 Å². The van der Waals surface area contributed by atoms with Gasteiger partial charge in [0.1, 0.15) is 0 Å². The first-order valence-electron chi connectivity index (χ1n) is 7.09. The monoisotopic (exact) mass is 317 g/mol. The summed E-state index contributed by atoms with van der Waals surface area (Å²) in [6.45, 7) is 0.512. The third kappa shape index (κ3) is 5.32. The lowest BCUT2D eigenvalue weighted by Gasteiger charge is -2.21. The van der Waals surface area contributed by atoms with Gasteiger partial charge in [0.15, 0.2) is 0 Å². The number of carbonyl (C=O) groups is 1. The summed E-state index contributed by atoms with van der Waals surface area (Å²) in [6.07, 6.45) is -4.06. The van der Waals surface area contributed by atoms with Crippen molar-refractivity contribution >= 4 is 6.09 Å². The summed E-state index contributed by atoms with van der Waals surface area (Å²) in [6, 6.07) is -0.0425. The largest absolute Gasteiger partial charge is 0.465 e. The highest BCUT2D eigenvalue weighted by Crippen LogP contribution is 2.39. The van der Waals surface area contributed by atoms with Crippen LogP contribution < -0.4 is 0 Å². The summed E-state index contributed by atoms with van der Waals surface area (Å²) in [7, 11) is 0. The first-order chi connectivity index (χ1) is 9.65. The van der Waals surface area contributed by atoms with E-state index in [1.165, 1.54) is 4.90 Å². The predicted octanol–water partition coefficient (Wildman–Crippen LogP) is 4.67. The van der Waals surface area contributed by atoms with E-state index in [-0.39, 0.29) is 12.5 Å². The summed E-state index contributed by atoms with van der Waals surface area (Å²) in [5, 5.41) is 8.93. The molecular formula is C13H20F5NO2. The van der Waals surface area contributed by atoms with E-state index in [1.807, 2.05) is 0 Å². The molecule has 1 aliphatic heterocycles. The summed E-state index contributed by atoms with van der Waals surface area (Å²) in [5.41, 5.74) is 0. The Balaban J connectivity index is 2.14. The minimum absolute atomic E-state index is 0.0425. The maximum atomic E-state index is 12.6. The summed E-state index contributed by atoms with van der Waals surface area (Å²) < 4.78 is 61.0. The molecular weight excluding hydrogens is 297 g/mol. The van der Waals surface area contributed by atoms with Crippen LogP contribution in [0.4, 0.5) is 26.7 Å². The van der Waals surface area contributed by atoms with Crippen molar-refractivity contribution in [3.8, 4) is 0 Å². The summed E-state index contributed by atoms with van der Waals surface area (Å²) in [4.78, 5) is 12.3. The highest BCUT2D eigenvalue weighted by atomic mass is 19.4. The first kappa shape index (κ1) is 18.0. The average molecular weight is 317 g/mol. The summed E-state index contributed by atoms with van der Waals surface area (Å²) >= 11 is 0. The lowest BCUT2D eigenvalue weighted by atomic mass is 10.0. The van der Waals surface area contributed by atoms with E-state index in [0.29, 0.717) is 32.2 Å². The van der Waals surface area contributed by atoms with E-state index in [9.17, 15) is 26.7 Å². The van der Waals surface area contributed by atoms with Crippen LogP contribution in [0.2, 0.25) is 0 Å². The molecule has 0 aromatic carbocycles. The van der Waals surface area contributed by atoms with Gasteiger partial charge >= 0.3 is 18.2 Å². The predicted molar refractivity (Wildman–Crippen MR) is 66.5 cm³/mol. The van der Waals surface area contributed by atoms with Crippen molar-refractivity contribution in [3.05, 3.63) is 0 Å². The van der Waals surface area contributed by atoms with Gasteiger partial charge in [-0.1, -0.05) is 19.3 Å². The van der Waals surface area contributed by atoms with Gasteiger partial charge in [0, 0.05) is 19.0 Å². The standard InChI is InChI=1S/C13H20F5NO2/c14-12(15,13(16,17)18)8-4-2-1-3-6-10-7-5-9-19(10)11(20)21/h10H,1-9H2,(H,20,21)/t10-/m1/s1. The third-order valence-electron chi connectivity index (χ3n) is 3.82. The molecule has 3 nitrogen and oxygen atoms in total. The molecule has 1 N–H and O–H groups in total. The molecule has 0 saturated carbocycles. The zero-order chi connectivity index (χ0) is 16.1. The number of rotatable bonds is 7. The number of carboxylic acid groups (broad SMARTS) is 1. The van der Waals surface area contributed by atoms with E-state index in [0.717, 1.165) is 12.8 Å². The van der Waals surface area contributed by atoms with Crippen molar-refractivity contribution in [1.82, 2.24) is 4.90 Å². The molecule has 0 radical (unpaired) electrons. The van der Waals surface area contributed by atoms with Gasteiger partial charge < -0.3 is 10.0 Å². The molecule has 1 aliphatic rings. The fourth-order valence-corrected chi connectivity index (χ4v) is 2.61. The summed E-state index contributed by atoms with van der Waals surface area (Å²) in [5.74, 6) is -4.61. The molecule has 21 heavy (non-hydrogen) atoms. The van der Waals surface area contributed by atoms with Crippen molar-refractivity contribution in [3.63, 3.8) is 0 Å². The van der Waals surface area contributed by atoms with Crippen LogP contribution >= 0.6 is 0 Å². The second kappa shape index (κ2) is 7.26. The Hall–Kier alpha value is -1.08. The van der Waals surface area contributed by atoms with Crippen molar-refractivity contribution in [2.24, 2.45) is 0 Å². The third-order valence-corrected chi connectivity index (χ3v) is 3.82. The van der Waals surface area contributed by atoms with Crippen molar-refractivity contribution in [2.75, 3.05) is 6.54 Å². The van der Waals surface area contributed by atoms with Crippen LogP contribution in [0.1, 0.15) is 51.4 Å². The molecule has 0 spiro atoms. The molecule has 0 aliphatic carbocycles. The van der Waals surface area contributed by atoms with Gasteiger partial charge in [-0.05, 0) is 25.7 Å². The fraction of sp³-hybridized carbons (Fsp3) is 0.923. The molecule has 124 valence electrons. The second-order valence-corrected chi connectivity index (χ2v) is 5.43. The zero-order valence-corrected chi connectivity index (χ0v) is 11.6. The topological polar surface area (TPSA) is 40.5 Å². The number of hydrogen-bond acceptors (Lipinski definition) is 1. The normalized spacial score (nSPS) is 20.0. The van der Waals surface area contributed by atoms with Crippen molar-refractivity contribution in [1.29, 1.82) is 0 Å². The van der Waals surface area contributed by atoms with Crippen LogP contribution in [0.3, 0.4) is 0 Å². The molecule has 0 aromatic rings. The van der Waals surface area contributed by atoms with Gasteiger partial charge in [-0.25, -0.2) is 4.79 Å². The quantitative estimate of drug-likeness (QED) is 0.548. The second-order valence-electron chi connectivity index (χ2n) is 5.43.